The van der Waals surface area contributed by atoms with Gasteiger partial charge in [0, 0.05) is 13.2 Å². The van der Waals surface area contributed by atoms with Crippen LogP contribution in [-0.4, -0.2) is 37.8 Å². The topological polar surface area (TPSA) is 136 Å². The van der Waals surface area contributed by atoms with E-state index >= 15 is 0 Å². The van der Waals surface area contributed by atoms with Gasteiger partial charge in [-0.25, -0.2) is 9.59 Å². The van der Waals surface area contributed by atoms with E-state index in [9.17, 15) is 27.6 Å². The SMILES string of the molecule is Cc1c(C(=O)O)cccc1C(=O)O.Cn1cc(C(N)=O)c(C(F)(F)F)n1. The third-order valence-corrected chi connectivity index (χ3v) is 3.16. The van der Waals surface area contributed by atoms with E-state index in [1.165, 1.54) is 32.2 Å². The highest BCUT2D eigenvalue weighted by atomic mass is 19.4. The standard InChI is InChI=1S/C9H8O4.C6H6F3N3O/c1-5-6(8(10)11)3-2-4-7(5)9(12)13;1-12-2-3(5(10)13)4(11-12)6(7,8)9/h2-4H,1H3,(H,10,11)(H,12,13);2H,1H3,(H2,10,13). The van der Waals surface area contributed by atoms with E-state index in [2.05, 4.69) is 5.10 Å². The summed E-state index contributed by atoms with van der Waals surface area (Å²) in [7, 11) is 1.28. The van der Waals surface area contributed by atoms with Crippen LogP contribution in [0.5, 0.6) is 0 Å². The van der Waals surface area contributed by atoms with Crippen molar-refractivity contribution < 1.29 is 37.8 Å². The third kappa shape index (κ3) is 4.82. The minimum absolute atomic E-state index is 0.0277. The summed E-state index contributed by atoms with van der Waals surface area (Å²) in [6.45, 7) is 1.48. The molecule has 1 heterocycles. The summed E-state index contributed by atoms with van der Waals surface area (Å²) in [6.07, 6.45) is -3.71. The van der Waals surface area contributed by atoms with Crippen molar-refractivity contribution in [2.24, 2.45) is 12.8 Å². The van der Waals surface area contributed by atoms with Crippen molar-refractivity contribution in [3.05, 3.63) is 52.3 Å². The molecule has 0 saturated carbocycles. The van der Waals surface area contributed by atoms with Crippen LogP contribution in [0.3, 0.4) is 0 Å². The zero-order chi connectivity index (χ0) is 20.2. The van der Waals surface area contributed by atoms with E-state index in [4.69, 9.17) is 15.9 Å². The first kappa shape index (κ1) is 20.7. The van der Waals surface area contributed by atoms with Gasteiger partial charge in [-0.15, -0.1) is 0 Å². The summed E-state index contributed by atoms with van der Waals surface area (Å²) in [5.41, 5.74) is 3.20. The van der Waals surface area contributed by atoms with Gasteiger partial charge in [0.25, 0.3) is 5.91 Å². The molecule has 0 bridgehead atoms. The maximum Gasteiger partial charge on any atom is 0.435 e. The molecule has 0 aliphatic rings. The quantitative estimate of drug-likeness (QED) is 0.752. The Balaban J connectivity index is 0.000000260. The average molecular weight is 373 g/mol. The monoisotopic (exact) mass is 373 g/mol. The van der Waals surface area contributed by atoms with Crippen LogP contribution in [0, 0.1) is 6.92 Å². The molecule has 0 aliphatic carbocycles. The van der Waals surface area contributed by atoms with E-state index < -0.39 is 35.3 Å². The molecular weight excluding hydrogens is 359 g/mol. The van der Waals surface area contributed by atoms with Crippen LogP contribution in [0.4, 0.5) is 13.2 Å². The Morgan fingerprint density at radius 2 is 1.54 bits per heavy atom. The molecule has 0 atom stereocenters. The van der Waals surface area contributed by atoms with E-state index in [-0.39, 0.29) is 16.7 Å². The third-order valence-electron chi connectivity index (χ3n) is 3.16. The molecule has 1 amide bonds. The minimum Gasteiger partial charge on any atom is -0.478 e. The lowest BCUT2D eigenvalue weighted by Crippen LogP contribution is -2.17. The molecule has 0 saturated heterocycles. The van der Waals surface area contributed by atoms with Crippen molar-refractivity contribution in [3.8, 4) is 0 Å². The summed E-state index contributed by atoms with van der Waals surface area (Å²) in [5, 5.41) is 20.5. The van der Waals surface area contributed by atoms with Gasteiger partial charge in [0.05, 0.1) is 16.7 Å². The van der Waals surface area contributed by atoms with Crippen molar-refractivity contribution in [2.75, 3.05) is 0 Å². The van der Waals surface area contributed by atoms with Crippen molar-refractivity contribution in [1.82, 2.24) is 9.78 Å². The number of halogens is 3. The second-order valence-electron chi connectivity index (χ2n) is 5.02. The van der Waals surface area contributed by atoms with Crippen LogP contribution in [0.2, 0.25) is 0 Å². The zero-order valence-electron chi connectivity index (χ0n) is 13.5. The Labute approximate surface area is 144 Å². The fourth-order valence-corrected chi connectivity index (χ4v) is 1.98. The Bertz CT molecular complexity index is 826. The number of nitrogens with two attached hydrogens (primary N) is 1. The van der Waals surface area contributed by atoms with Crippen molar-refractivity contribution in [2.45, 2.75) is 13.1 Å². The summed E-state index contributed by atoms with van der Waals surface area (Å²) < 4.78 is 37.3. The number of carboxylic acids is 2. The first-order valence-electron chi connectivity index (χ1n) is 6.83. The van der Waals surface area contributed by atoms with Gasteiger partial charge in [0.2, 0.25) is 0 Å². The van der Waals surface area contributed by atoms with Gasteiger partial charge in [0.1, 0.15) is 0 Å². The van der Waals surface area contributed by atoms with E-state index in [1.54, 1.807) is 0 Å². The molecule has 8 nitrogen and oxygen atoms in total. The Morgan fingerprint density at radius 3 is 1.85 bits per heavy atom. The number of nitrogens with zero attached hydrogens (tertiary/aromatic N) is 2. The molecule has 0 radical (unpaired) electrons. The van der Waals surface area contributed by atoms with Crippen LogP contribution >= 0.6 is 0 Å². The minimum atomic E-state index is -4.65. The first-order chi connectivity index (χ1) is 11.9. The number of carbonyl (C=O) groups excluding carboxylic acids is 1. The number of aromatic carboxylic acids is 2. The zero-order valence-corrected chi connectivity index (χ0v) is 13.5. The smallest absolute Gasteiger partial charge is 0.435 e. The summed E-state index contributed by atoms with van der Waals surface area (Å²) in [6, 6.07) is 4.17. The van der Waals surface area contributed by atoms with E-state index in [1.807, 2.05) is 0 Å². The molecule has 1 aromatic heterocycles. The Kier molecular flexibility index (Phi) is 6.10. The highest BCUT2D eigenvalue weighted by Gasteiger charge is 2.38. The molecule has 140 valence electrons. The molecule has 2 aromatic rings. The molecule has 4 N–H and O–H groups in total. The molecule has 0 aliphatic heterocycles. The van der Waals surface area contributed by atoms with Crippen molar-refractivity contribution in [1.29, 1.82) is 0 Å². The molecule has 11 heteroatoms. The molecule has 1 aromatic carbocycles. The number of amides is 1. The number of aromatic nitrogens is 2. The summed E-state index contributed by atoms with van der Waals surface area (Å²) in [4.78, 5) is 31.8. The molecular formula is C15H14F3N3O5. The second-order valence-corrected chi connectivity index (χ2v) is 5.02. The fraction of sp³-hybridized carbons (Fsp3) is 0.200. The molecule has 0 spiro atoms. The average Bonchev–Trinajstić information content (AvgIpc) is 2.90. The number of hydrogen-bond donors (Lipinski definition) is 3. The van der Waals surface area contributed by atoms with Gasteiger partial charge in [-0.1, -0.05) is 6.07 Å². The lowest BCUT2D eigenvalue weighted by atomic mass is 10.0. The molecule has 26 heavy (non-hydrogen) atoms. The summed E-state index contributed by atoms with van der Waals surface area (Å²) >= 11 is 0. The number of benzene rings is 1. The van der Waals surface area contributed by atoms with Crippen molar-refractivity contribution >= 4 is 17.8 Å². The molecule has 0 unspecified atom stereocenters. The van der Waals surface area contributed by atoms with Crippen molar-refractivity contribution in [3.63, 3.8) is 0 Å². The van der Waals surface area contributed by atoms with Crippen LogP contribution in [0.1, 0.15) is 42.3 Å². The lowest BCUT2D eigenvalue weighted by Gasteiger charge is -2.03. The maximum absolute atomic E-state index is 12.1. The number of aryl methyl sites for hydroxylation is 1. The van der Waals surface area contributed by atoms with Gasteiger partial charge in [0.15, 0.2) is 5.69 Å². The highest BCUT2D eigenvalue weighted by molar-refractivity contribution is 5.96. The van der Waals surface area contributed by atoms with E-state index in [0.717, 1.165) is 10.9 Å². The largest absolute Gasteiger partial charge is 0.478 e. The Hall–Kier alpha value is -3.37. The fourth-order valence-electron chi connectivity index (χ4n) is 1.98. The van der Waals surface area contributed by atoms with E-state index in [0.29, 0.717) is 0 Å². The van der Waals surface area contributed by atoms with Gasteiger partial charge in [-0.3, -0.25) is 9.48 Å². The predicted molar refractivity (Wildman–Crippen MR) is 81.8 cm³/mol. The molecule has 2 rings (SSSR count). The predicted octanol–water partition coefficient (Wildman–Crippen LogP) is 1.93. The highest BCUT2D eigenvalue weighted by Crippen LogP contribution is 2.30. The number of primary amides is 1. The lowest BCUT2D eigenvalue weighted by molar-refractivity contribution is -0.141. The van der Waals surface area contributed by atoms with Crippen LogP contribution in [0.15, 0.2) is 24.4 Å². The second kappa shape index (κ2) is 7.68. The van der Waals surface area contributed by atoms with Crippen LogP contribution in [0.25, 0.3) is 0 Å². The number of rotatable bonds is 3. The summed E-state index contributed by atoms with van der Waals surface area (Å²) in [5.74, 6) is -3.36. The van der Waals surface area contributed by atoms with Gasteiger partial charge < -0.3 is 15.9 Å². The normalized spacial score (nSPS) is 10.7. The van der Waals surface area contributed by atoms with Gasteiger partial charge in [-0.05, 0) is 24.6 Å². The number of carbonyl (C=O) groups is 3. The molecule has 0 fully saturated rings. The number of hydrogen-bond acceptors (Lipinski definition) is 4. The number of carboxylic acid groups (broad SMARTS) is 2. The van der Waals surface area contributed by atoms with Crippen LogP contribution in [-0.2, 0) is 13.2 Å². The maximum atomic E-state index is 12.1. The Morgan fingerprint density at radius 1 is 1.08 bits per heavy atom. The number of alkyl halides is 3. The first-order valence-corrected chi connectivity index (χ1v) is 6.83. The van der Waals surface area contributed by atoms with Crippen LogP contribution < -0.4 is 5.73 Å². The van der Waals surface area contributed by atoms with Gasteiger partial charge in [-0.2, -0.15) is 18.3 Å². The van der Waals surface area contributed by atoms with Gasteiger partial charge >= 0.3 is 18.1 Å².